The molecule has 0 saturated heterocycles. The van der Waals surface area contributed by atoms with E-state index in [0.717, 1.165) is 9.13 Å². The molecule has 0 aliphatic rings. The Labute approximate surface area is 154 Å². The maximum Gasteiger partial charge on any atom is 0.319 e. The molecule has 24 heavy (non-hydrogen) atoms. The highest BCUT2D eigenvalue weighted by atomic mass is 127. The van der Waals surface area contributed by atoms with E-state index in [9.17, 15) is 9.59 Å². The zero-order valence-corrected chi connectivity index (χ0v) is 15.5. The number of halogens is 1. The normalized spacial score (nSPS) is 12.8. The molecule has 0 saturated carbocycles. The van der Waals surface area contributed by atoms with Gasteiger partial charge in [-0.3, -0.25) is 9.78 Å². The average molecular weight is 439 g/mol. The van der Waals surface area contributed by atoms with Crippen molar-refractivity contribution in [1.29, 1.82) is 0 Å². The largest absolute Gasteiger partial charge is 0.469 e. The monoisotopic (exact) mass is 439 g/mol. The van der Waals surface area contributed by atoms with Gasteiger partial charge in [-0.2, -0.15) is 0 Å². The van der Waals surface area contributed by atoms with Crippen LogP contribution in [0.4, 0.5) is 10.5 Å². The van der Waals surface area contributed by atoms with Crippen LogP contribution in [0.2, 0.25) is 0 Å². The molecule has 0 aliphatic heterocycles. The Morgan fingerprint density at radius 2 is 1.96 bits per heavy atom. The van der Waals surface area contributed by atoms with Gasteiger partial charge in [-0.15, -0.1) is 0 Å². The second-order valence-corrected chi connectivity index (χ2v) is 6.66. The number of carbonyl (C=O) groups is 2. The van der Waals surface area contributed by atoms with Crippen LogP contribution in [0.25, 0.3) is 0 Å². The minimum absolute atomic E-state index is 0.00720. The summed E-state index contributed by atoms with van der Waals surface area (Å²) in [6.07, 6.45) is 3.24. The van der Waals surface area contributed by atoms with Gasteiger partial charge in [0.2, 0.25) is 0 Å². The third-order valence-corrected chi connectivity index (χ3v) is 4.19. The van der Waals surface area contributed by atoms with E-state index in [1.54, 1.807) is 37.5 Å². The number of carbonyl (C=O) groups excluding carboxylic acids is 2. The molecule has 126 valence electrons. The Bertz CT molecular complexity index is 724. The van der Waals surface area contributed by atoms with E-state index >= 15 is 0 Å². The van der Waals surface area contributed by atoms with Gasteiger partial charge in [0.25, 0.3) is 0 Å². The van der Waals surface area contributed by atoms with Crippen LogP contribution in [-0.2, 0) is 15.1 Å². The van der Waals surface area contributed by atoms with Crippen LogP contribution in [0.3, 0.4) is 0 Å². The Morgan fingerprint density at radius 3 is 2.58 bits per heavy atom. The maximum atomic E-state index is 12.4. The molecule has 2 N–H and O–H groups in total. The van der Waals surface area contributed by atoms with Crippen molar-refractivity contribution in [2.75, 3.05) is 12.4 Å². The lowest BCUT2D eigenvalue weighted by Gasteiger charge is -2.30. The first-order chi connectivity index (χ1) is 11.4. The van der Waals surface area contributed by atoms with Crippen LogP contribution < -0.4 is 10.6 Å². The number of esters is 1. The summed E-state index contributed by atoms with van der Waals surface area (Å²) in [6, 6.07) is 10.6. The molecule has 1 aromatic carbocycles. The van der Waals surface area contributed by atoms with Crippen molar-refractivity contribution in [2.45, 2.75) is 18.9 Å². The fourth-order valence-corrected chi connectivity index (χ4v) is 2.82. The molecule has 1 atom stereocenters. The molecule has 0 aliphatic carbocycles. The third-order valence-electron chi connectivity index (χ3n) is 3.51. The van der Waals surface area contributed by atoms with E-state index in [1.807, 2.05) is 18.2 Å². The summed E-state index contributed by atoms with van der Waals surface area (Å²) >= 11 is 2.17. The molecule has 2 amide bonds. The number of methoxy groups -OCH3 is 1. The van der Waals surface area contributed by atoms with Gasteiger partial charge in [0.15, 0.2) is 0 Å². The van der Waals surface area contributed by atoms with E-state index in [0.29, 0.717) is 5.69 Å². The van der Waals surface area contributed by atoms with Crippen molar-refractivity contribution >= 4 is 40.3 Å². The number of aromatic nitrogens is 1. The van der Waals surface area contributed by atoms with Gasteiger partial charge in [0, 0.05) is 21.7 Å². The first-order valence-electron chi connectivity index (χ1n) is 7.25. The average Bonchev–Trinajstić information content (AvgIpc) is 2.55. The van der Waals surface area contributed by atoms with Gasteiger partial charge in [0.05, 0.1) is 19.1 Å². The van der Waals surface area contributed by atoms with Gasteiger partial charge in [-0.1, -0.05) is 6.07 Å². The molecule has 2 aromatic rings. The van der Waals surface area contributed by atoms with E-state index in [2.05, 4.69) is 38.2 Å². The summed E-state index contributed by atoms with van der Waals surface area (Å²) in [5.41, 5.74) is 0.525. The number of rotatable bonds is 5. The molecule has 1 heterocycles. The Hall–Kier alpha value is -2.16. The number of nitrogens with zero attached hydrogens (tertiary/aromatic N) is 1. The number of amides is 2. The van der Waals surface area contributed by atoms with Crippen LogP contribution in [0.5, 0.6) is 0 Å². The Morgan fingerprint density at radius 1 is 1.25 bits per heavy atom. The lowest BCUT2D eigenvalue weighted by atomic mass is 9.89. The quantitative estimate of drug-likeness (QED) is 0.554. The minimum Gasteiger partial charge on any atom is -0.469 e. The molecule has 6 nitrogen and oxygen atoms in total. The molecule has 0 fully saturated rings. The van der Waals surface area contributed by atoms with E-state index < -0.39 is 17.5 Å². The smallest absolute Gasteiger partial charge is 0.319 e. The first-order valence-corrected chi connectivity index (χ1v) is 8.33. The maximum absolute atomic E-state index is 12.4. The number of ether oxygens (including phenoxy) is 1. The van der Waals surface area contributed by atoms with E-state index in [4.69, 9.17) is 4.74 Å². The highest BCUT2D eigenvalue weighted by molar-refractivity contribution is 14.1. The second-order valence-electron chi connectivity index (χ2n) is 5.41. The van der Waals surface area contributed by atoms with Crippen molar-refractivity contribution in [1.82, 2.24) is 10.3 Å². The molecule has 2 rings (SSSR count). The van der Waals surface area contributed by atoms with Crippen LogP contribution in [0, 0.1) is 3.57 Å². The van der Waals surface area contributed by atoms with Crippen molar-refractivity contribution in [2.24, 2.45) is 0 Å². The summed E-state index contributed by atoms with van der Waals surface area (Å²) in [4.78, 5) is 28.1. The van der Waals surface area contributed by atoms with E-state index in [-0.39, 0.29) is 6.42 Å². The molecular formula is C17H18IN3O3. The summed E-state index contributed by atoms with van der Waals surface area (Å²) in [5.74, 6) is -0.413. The lowest BCUT2D eigenvalue weighted by molar-refractivity contribution is -0.142. The van der Waals surface area contributed by atoms with Gasteiger partial charge in [-0.05, 0) is 65.4 Å². The SMILES string of the molecule is COC(=O)C[C@](C)(NC(=O)Nc1cccc(I)c1)c1ccncc1. The molecule has 0 unspecified atom stereocenters. The predicted molar refractivity (Wildman–Crippen MR) is 99.5 cm³/mol. The molecular weight excluding hydrogens is 421 g/mol. The Balaban J connectivity index is 2.18. The zero-order chi connectivity index (χ0) is 17.6. The number of benzene rings is 1. The van der Waals surface area contributed by atoms with Crippen molar-refractivity contribution in [3.63, 3.8) is 0 Å². The predicted octanol–water partition coefficient (Wildman–Crippen LogP) is 3.29. The highest BCUT2D eigenvalue weighted by Crippen LogP contribution is 2.25. The summed E-state index contributed by atoms with van der Waals surface area (Å²) < 4.78 is 5.77. The molecule has 7 heteroatoms. The van der Waals surface area contributed by atoms with E-state index in [1.165, 1.54) is 7.11 Å². The van der Waals surface area contributed by atoms with Crippen LogP contribution >= 0.6 is 22.6 Å². The number of hydrogen-bond acceptors (Lipinski definition) is 4. The fraction of sp³-hybridized carbons (Fsp3) is 0.235. The fourth-order valence-electron chi connectivity index (χ4n) is 2.28. The van der Waals surface area contributed by atoms with Gasteiger partial charge >= 0.3 is 12.0 Å². The molecule has 0 spiro atoms. The number of urea groups is 1. The minimum atomic E-state index is -0.915. The van der Waals surface area contributed by atoms with Gasteiger partial charge in [-0.25, -0.2) is 4.79 Å². The summed E-state index contributed by atoms with van der Waals surface area (Å²) in [5, 5.41) is 5.64. The standard InChI is InChI=1S/C17H18IN3O3/c1-17(11-15(22)24-2,12-6-8-19-9-7-12)21-16(23)20-14-5-3-4-13(18)10-14/h3-10H,11H2,1-2H3,(H2,20,21,23)/t17-/m0/s1. The lowest BCUT2D eigenvalue weighted by Crippen LogP contribution is -2.47. The summed E-state index contributed by atoms with van der Waals surface area (Å²) in [7, 11) is 1.32. The number of hydrogen-bond donors (Lipinski definition) is 2. The van der Waals surface area contributed by atoms with Crippen LogP contribution in [0.15, 0.2) is 48.8 Å². The van der Waals surface area contributed by atoms with Crippen molar-refractivity contribution in [3.05, 3.63) is 57.9 Å². The van der Waals surface area contributed by atoms with Crippen LogP contribution in [0.1, 0.15) is 18.9 Å². The molecule has 0 radical (unpaired) electrons. The van der Waals surface area contributed by atoms with Crippen LogP contribution in [-0.4, -0.2) is 24.1 Å². The third kappa shape index (κ3) is 4.92. The van der Waals surface area contributed by atoms with Gasteiger partial charge < -0.3 is 15.4 Å². The van der Waals surface area contributed by atoms with Crippen molar-refractivity contribution in [3.8, 4) is 0 Å². The zero-order valence-electron chi connectivity index (χ0n) is 13.4. The van der Waals surface area contributed by atoms with Crippen molar-refractivity contribution < 1.29 is 14.3 Å². The topological polar surface area (TPSA) is 80.3 Å². The van der Waals surface area contributed by atoms with Gasteiger partial charge in [0.1, 0.15) is 0 Å². The number of pyridine rings is 1. The molecule has 1 aromatic heterocycles. The Kier molecular flexibility index (Phi) is 6.13. The second kappa shape index (κ2) is 8.09. The highest BCUT2D eigenvalue weighted by Gasteiger charge is 2.32. The molecule has 0 bridgehead atoms. The number of anilines is 1. The number of nitrogens with one attached hydrogen (secondary N) is 2. The summed E-state index contributed by atoms with van der Waals surface area (Å²) in [6.45, 7) is 1.77. The first kappa shape index (κ1) is 18.2.